The first-order valence-corrected chi connectivity index (χ1v) is 6.50. The summed E-state index contributed by atoms with van der Waals surface area (Å²) in [6.45, 7) is 4.82. The van der Waals surface area contributed by atoms with Crippen molar-refractivity contribution in [2.45, 2.75) is 19.3 Å². The molecule has 1 fully saturated rings. The molecule has 1 aromatic heterocycles. The Balaban J connectivity index is 2.20. The van der Waals surface area contributed by atoms with E-state index >= 15 is 0 Å². The number of carboxylic acid groups (broad SMARTS) is 1. The van der Waals surface area contributed by atoms with Gasteiger partial charge in [-0.1, -0.05) is 0 Å². The molecule has 0 radical (unpaired) electrons. The summed E-state index contributed by atoms with van der Waals surface area (Å²) >= 11 is 1.37. The van der Waals surface area contributed by atoms with Crippen LogP contribution in [0.1, 0.15) is 19.5 Å². The van der Waals surface area contributed by atoms with E-state index in [4.69, 9.17) is 5.11 Å². The van der Waals surface area contributed by atoms with Crippen molar-refractivity contribution in [3.8, 4) is 0 Å². The zero-order chi connectivity index (χ0) is 13.3. The van der Waals surface area contributed by atoms with Crippen molar-refractivity contribution >= 4 is 28.3 Å². The minimum atomic E-state index is -1.01. The van der Waals surface area contributed by atoms with Crippen molar-refractivity contribution in [2.24, 2.45) is 0 Å². The molecular formula is C11H15N3O3S. The second kappa shape index (κ2) is 4.56. The van der Waals surface area contributed by atoms with Crippen LogP contribution >= 0.6 is 11.3 Å². The Kier molecular flexibility index (Phi) is 3.25. The first kappa shape index (κ1) is 12.8. The molecule has 2 N–H and O–H groups in total. The molecular weight excluding hydrogens is 254 g/mol. The molecule has 0 atom stereocenters. The van der Waals surface area contributed by atoms with Gasteiger partial charge in [0.2, 0.25) is 5.91 Å². The Morgan fingerprint density at radius 1 is 1.61 bits per heavy atom. The van der Waals surface area contributed by atoms with Crippen LogP contribution in [-0.2, 0) is 15.0 Å². The van der Waals surface area contributed by atoms with E-state index < -0.39 is 11.4 Å². The lowest BCUT2D eigenvalue weighted by Gasteiger charge is -2.26. The summed E-state index contributed by atoms with van der Waals surface area (Å²) in [5.41, 5.74) is -0.478. The molecule has 6 nitrogen and oxygen atoms in total. The number of piperazine rings is 1. The van der Waals surface area contributed by atoms with Gasteiger partial charge in [0.25, 0.3) is 0 Å². The minimum Gasteiger partial charge on any atom is -0.481 e. The van der Waals surface area contributed by atoms with Gasteiger partial charge in [-0.25, -0.2) is 4.98 Å². The van der Waals surface area contributed by atoms with Crippen LogP contribution in [0.25, 0.3) is 0 Å². The number of aromatic nitrogens is 1. The van der Waals surface area contributed by atoms with Crippen LogP contribution in [0, 0.1) is 0 Å². The Bertz CT molecular complexity index is 484. The molecule has 98 valence electrons. The van der Waals surface area contributed by atoms with Gasteiger partial charge in [-0.15, -0.1) is 11.3 Å². The number of carbonyl (C=O) groups is 2. The topological polar surface area (TPSA) is 82.5 Å². The van der Waals surface area contributed by atoms with Crippen LogP contribution in [0.3, 0.4) is 0 Å². The van der Waals surface area contributed by atoms with E-state index in [9.17, 15) is 9.59 Å². The minimum absolute atomic E-state index is 0.0319. The molecule has 1 aliphatic rings. The van der Waals surface area contributed by atoms with Crippen LogP contribution in [0.2, 0.25) is 0 Å². The lowest BCUT2D eigenvalue weighted by Crippen LogP contribution is -2.47. The molecule has 1 aromatic rings. The summed E-state index contributed by atoms with van der Waals surface area (Å²) in [5.74, 6) is -0.939. The molecule has 2 rings (SSSR count). The van der Waals surface area contributed by atoms with Crippen LogP contribution < -0.4 is 10.2 Å². The third-order valence-corrected chi connectivity index (χ3v) is 3.88. The predicted octanol–water partition coefficient (Wildman–Crippen LogP) is 0.442. The molecule has 2 heterocycles. The van der Waals surface area contributed by atoms with Crippen molar-refractivity contribution in [1.29, 1.82) is 0 Å². The van der Waals surface area contributed by atoms with E-state index in [0.717, 1.165) is 0 Å². The van der Waals surface area contributed by atoms with E-state index in [1.165, 1.54) is 11.3 Å². The lowest BCUT2D eigenvalue weighted by atomic mass is 9.90. The van der Waals surface area contributed by atoms with Crippen LogP contribution in [0.15, 0.2) is 5.38 Å². The maximum Gasteiger partial charge on any atom is 0.315 e. The van der Waals surface area contributed by atoms with Gasteiger partial charge in [0.1, 0.15) is 5.41 Å². The molecule has 0 aliphatic carbocycles. The predicted molar refractivity (Wildman–Crippen MR) is 68.0 cm³/mol. The quantitative estimate of drug-likeness (QED) is 0.832. The Labute approximate surface area is 109 Å². The molecule has 0 saturated carbocycles. The van der Waals surface area contributed by atoms with Crippen molar-refractivity contribution in [3.05, 3.63) is 11.1 Å². The second-order valence-electron chi connectivity index (χ2n) is 4.72. The van der Waals surface area contributed by atoms with Gasteiger partial charge in [-0.2, -0.15) is 0 Å². The van der Waals surface area contributed by atoms with Gasteiger partial charge < -0.3 is 15.3 Å². The molecule has 7 heteroatoms. The highest BCUT2D eigenvalue weighted by Gasteiger charge is 2.33. The van der Waals surface area contributed by atoms with Crippen molar-refractivity contribution in [3.63, 3.8) is 0 Å². The van der Waals surface area contributed by atoms with E-state index in [1.807, 2.05) is 4.90 Å². The monoisotopic (exact) mass is 269 g/mol. The lowest BCUT2D eigenvalue weighted by molar-refractivity contribution is -0.142. The summed E-state index contributed by atoms with van der Waals surface area (Å²) in [4.78, 5) is 28.6. The van der Waals surface area contributed by atoms with E-state index in [2.05, 4.69) is 10.3 Å². The summed E-state index contributed by atoms with van der Waals surface area (Å²) in [5, 5.41) is 14.3. The summed E-state index contributed by atoms with van der Waals surface area (Å²) < 4.78 is 0. The summed E-state index contributed by atoms with van der Waals surface area (Å²) in [6.07, 6.45) is 0. The van der Waals surface area contributed by atoms with Crippen LogP contribution in [-0.4, -0.2) is 41.6 Å². The van der Waals surface area contributed by atoms with Gasteiger partial charge in [0.15, 0.2) is 5.13 Å². The van der Waals surface area contributed by atoms with Crippen LogP contribution in [0.4, 0.5) is 5.13 Å². The fourth-order valence-electron chi connectivity index (χ4n) is 1.61. The number of nitrogens with one attached hydrogen (secondary N) is 1. The number of amides is 1. The number of hydrogen-bond acceptors (Lipinski definition) is 5. The van der Waals surface area contributed by atoms with Gasteiger partial charge in [0, 0.05) is 18.5 Å². The van der Waals surface area contributed by atoms with Gasteiger partial charge in [0.05, 0.1) is 12.2 Å². The second-order valence-corrected chi connectivity index (χ2v) is 5.55. The zero-order valence-electron chi connectivity index (χ0n) is 10.3. The Hall–Kier alpha value is -1.63. The summed E-state index contributed by atoms with van der Waals surface area (Å²) in [6, 6.07) is 0. The highest BCUT2D eigenvalue weighted by Crippen LogP contribution is 2.29. The van der Waals surface area contributed by atoms with Crippen LogP contribution in [0.5, 0.6) is 0 Å². The van der Waals surface area contributed by atoms with E-state index in [0.29, 0.717) is 23.9 Å². The average molecular weight is 269 g/mol. The van der Waals surface area contributed by atoms with Gasteiger partial charge >= 0.3 is 5.97 Å². The highest BCUT2D eigenvalue weighted by molar-refractivity contribution is 7.13. The number of carbonyl (C=O) groups excluding carboxylic acids is 1. The fraction of sp³-hybridized carbons (Fsp3) is 0.545. The zero-order valence-corrected chi connectivity index (χ0v) is 11.1. The largest absolute Gasteiger partial charge is 0.481 e. The van der Waals surface area contributed by atoms with Gasteiger partial charge in [-0.3, -0.25) is 9.59 Å². The number of aliphatic carboxylic acids is 1. The smallest absolute Gasteiger partial charge is 0.315 e. The maximum atomic E-state index is 11.3. The number of rotatable bonds is 3. The maximum absolute atomic E-state index is 11.3. The number of hydrogen-bond donors (Lipinski definition) is 2. The van der Waals surface area contributed by atoms with Crippen molar-refractivity contribution < 1.29 is 14.7 Å². The molecule has 0 bridgehead atoms. The number of carboxylic acids is 1. The molecule has 18 heavy (non-hydrogen) atoms. The van der Waals surface area contributed by atoms with E-state index in [1.54, 1.807) is 19.2 Å². The molecule has 0 aromatic carbocycles. The van der Waals surface area contributed by atoms with E-state index in [-0.39, 0.29) is 12.5 Å². The Morgan fingerprint density at radius 3 is 2.94 bits per heavy atom. The molecule has 0 unspecified atom stereocenters. The number of nitrogens with zero attached hydrogens (tertiary/aromatic N) is 2. The normalized spacial score (nSPS) is 16.6. The highest BCUT2D eigenvalue weighted by atomic mass is 32.1. The standard InChI is InChI=1S/C11H15N3O3S/c1-11(2,9(16)17)7-6-18-10(13-7)14-4-3-12-8(15)5-14/h6H,3-5H2,1-2H3,(H,12,15)(H,16,17). The third kappa shape index (κ3) is 2.31. The fourth-order valence-corrected chi connectivity index (χ4v) is 2.63. The average Bonchev–Trinajstić information content (AvgIpc) is 2.78. The number of thiazole rings is 1. The molecule has 0 spiro atoms. The number of anilines is 1. The third-order valence-electron chi connectivity index (χ3n) is 2.98. The van der Waals surface area contributed by atoms with Crippen molar-refractivity contribution in [2.75, 3.05) is 24.5 Å². The summed E-state index contributed by atoms with van der Waals surface area (Å²) in [7, 11) is 0. The van der Waals surface area contributed by atoms with Gasteiger partial charge in [-0.05, 0) is 13.8 Å². The SMILES string of the molecule is CC(C)(C(=O)O)c1csc(N2CCNC(=O)C2)n1. The first-order chi connectivity index (χ1) is 8.41. The Morgan fingerprint density at radius 2 is 2.33 bits per heavy atom. The van der Waals surface area contributed by atoms with Crippen molar-refractivity contribution in [1.82, 2.24) is 10.3 Å². The molecule has 1 amide bonds. The first-order valence-electron chi connectivity index (χ1n) is 5.62. The molecule has 1 saturated heterocycles. The molecule has 1 aliphatic heterocycles.